The SMILES string of the molecule is CCS(=O)(=O)c1cccc(C(=O)N2CCC(N3CCNCC3)C2)c1.Cl. The molecule has 1 amide bonds. The zero-order valence-electron chi connectivity index (χ0n) is 14.5. The monoisotopic (exact) mass is 387 g/mol. The summed E-state index contributed by atoms with van der Waals surface area (Å²) in [6.07, 6.45) is 0.985. The zero-order valence-corrected chi connectivity index (χ0v) is 16.1. The Morgan fingerprint density at radius 3 is 2.64 bits per heavy atom. The Balaban J connectivity index is 0.00000225. The van der Waals surface area contributed by atoms with Gasteiger partial charge in [-0.25, -0.2) is 8.42 Å². The van der Waals surface area contributed by atoms with E-state index >= 15 is 0 Å². The average Bonchev–Trinajstić information content (AvgIpc) is 3.12. The molecule has 0 aliphatic carbocycles. The third-order valence-corrected chi connectivity index (χ3v) is 6.67. The molecule has 1 unspecified atom stereocenters. The third-order valence-electron chi connectivity index (χ3n) is 4.94. The molecule has 2 fully saturated rings. The lowest BCUT2D eigenvalue weighted by atomic mass is 10.2. The van der Waals surface area contributed by atoms with Crippen LogP contribution in [-0.4, -0.2) is 75.2 Å². The van der Waals surface area contributed by atoms with Crippen LogP contribution in [0.2, 0.25) is 0 Å². The standard InChI is InChI=1S/C17H25N3O3S.ClH/c1-2-24(22,23)16-5-3-4-14(12-16)17(21)20-9-6-15(13-20)19-10-7-18-8-11-19;/h3-5,12,15,18H,2,6-11,13H2,1H3;1H. The van der Waals surface area contributed by atoms with Crippen molar-refractivity contribution in [1.82, 2.24) is 15.1 Å². The van der Waals surface area contributed by atoms with Crippen LogP contribution in [0, 0.1) is 0 Å². The second-order valence-electron chi connectivity index (χ2n) is 6.41. The van der Waals surface area contributed by atoms with Gasteiger partial charge in [0.25, 0.3) is 5.91 Å². The first-order valence-electron chi connectivity index (χ1n) is 8.58. The molecular weight excluding hydrogens is 362 g/mol. The number of hydrogen-bond acceptors (Lipinski definition) is 5. The van der Waals surface area contributed by atoms with Gasteiger partial charge in [0.15, 0.2) is 9.84 Å². The largest absolute Gasteiger partial charge is 0.337 e. The van der Waals surface area contributed by atoms with Crippen LogP contribution in [0.5, 0.6) is 0 Å². The third kappa shape index (κ3) is 4.53. The lowest BCUT2D eigenvalue weighted by molar-refractivity contribution is 0.0773. The van der Waals surface area contributed by atoms with Crippen LogP contribution in [-0.2, 0) is 9.84 Å². The first-order chi connectivity index (χ1) is 11.5. The van der Waals surface area contributed by atoms with Crippen molar-refractivity contribution >= 4 is 28.2 Å². The highest BCUT2D eigenvalue weighted by Crippen LogP contribution is 2.20. The summed E-state index contributed by atoms with van der Waals surface area (Å²) in [7, 11) is -3.29. The van der Waals surface area contributed by atoms with Crippen molar-refractivity contribution in [2.24, 2.45) is 0 Å². The molecule has 1 aromatic rings. The molecule has 2 aliphatic heterocycles. The van der Waals surface area contributed by atoms with E-state index in [0.717, 1.165) is 45.7 Å². The number of carbonyl (C=O) groups is 1. The topological polar surface area (TPSA) is 69.7 Å². The van der Waals surface area contributed by atoms with Crippen molar-refractivity contribution in [3.8, 4) is 0 Å². The number of nitrogens with one attached hydrogen (secondary N) is 1. The van der Waals surface area contributed by atoms with Crippen molar-refractivity contribution in [3.05, 3.63) is 29.8 Å². The smallest absolute Gasteiger partial charge is 0.253 e. The van der Waals surface area contributed by atoms with E-state index in [9.17, 15) is 13.2 Å². The van der Waals surface area contributed by atoms with E-state index in [4.69, 9.17) is 0 Å². The summed E-state index contributed by atoms with van der Waals surface area (Å²) in [6, 6.07) is 6.84. The van der Waals surface area contributed by atoms with Gasteiger partial charge >= 0.3 is 0 Å². The highest BCUT2D eigenvalue weighted by atomic mass is 35.5. The summed E-state index contributed by atoms with van der Waals surface area (Å²) < 4.78 is 24.0. The van der Waals surface area contributed by atoms with Crippen LogP contribution in [0.3, 0.4) is 0 Å². The lowest BCUT2D eigenvalue weighted by Crippen LogP contribution is -2.49. The van der Waals surface area contributed by atoms with Crippen LogP contribution >= 0.6 is 12.4 Å². The van der Waals surface area contributed by atoms with Crippen LogP contribution in [0.15, 0.2) is 29.2 Å². The summed E-state index contributed by atoms with van der Waals surface area (Å²) in [5.41, 5.74) is 0.463. The Morgan fingerprint density at radius 2 is 1.96 bits per heavy atom. The molecule has 0 aromatic heterocycles. The molecule has 0 radical (unpaired) electrons. The molecule has 2 aliphatic rings. The minimum atomic E-state index is -3.29. The van der Waals surface area contributed by atoms with Crippen molar-refractivity contribution in [2.45, 2.75) is 24.3 Å². The van der Waals surface area contributed by atoms with Gasteiger partial charge in [-0.2, -0.15) is 0 Å². The van der Waals surface area contributed by atoms with Gasteiger partial charge in [-0.15, -0.1) is 12.4 Å². The van der Waals surface area contributed by atoms with E-state index in [2.05, 4.69) is 10.2 Å². The quantitative estimate of drug-likeness (QED) is 0.835. The summed E-state index contributed by atoms with van der Waals surface area (Å²) >= 11 is 0. The maximum atomic E-state index is 12.7. The Labute approximate surface area is 155 Å². The van der Waals surface area contributed by atoms with Gasteiger partial charge in [0, 0.05) is 50.9 Å². The van der Waals surface area contributed by atoms with Crippen molar-refractivity contribution in [3.63, 3.8) is 0 Å². The predicted octanol–water partition coefficient (Wildman–Crippen LogP) is 1.02. The van der Waals surface area contributed by atoms with Gasteiger partial charge in [-0.3, -0.25) is 9.69 Å². The molecule has 0 spiro atoms. The molecule has 2 saturated heterocycles. The Morgan fingerprint density at radius 1 is 1.24 bits per heavy atom. The number of likely N-dealkylation sites (tertiary alicyclic amines) is 1. The number of carbonyl (C=O) groups excluding carboxylic acids is 1. The fraction of sp³-hybridized carbons (Fsp3) is 0.588. The van der Waals surface area contributed by atoms with Gasteiger partial charge in [-0.05, 0) is 24.6 Å². The molecule has 8 heteroatoms. The predicted molar refractivity (Wildman–Crippen MR) is 100 cm³/mol. The zero-order chi connectivity index (χ0) is 17.2. The van der Waals surface area contributed by atoms with E-state index in [-0.39, 0.29) is 29.0 Å². The highest BCUT2D eigenvalue weighted by molar-refractivity contribution is 7.91. The van der Waals surface area contributed by atoms with Gasteiger partial charge in [-0.1, -0.05) is 13.0 Å². The van der Waals surface area contributed by atoms with Gasteiger partial charge in [0.2, 0.25) is 0 Å². The summed E-state index contributed by atoms with van der Waals surface area (Å²) in [4.78, 5) is 17.3. The number of hydrogen-bond donors (Lipinski definition) is 1. The van der Waals surface area contributed by atoms with Crippen LogP contribution in [0.1, 0.15) is 23.7 Å². The summed E-state index contributed by atoms with van der Waals surface area (Å²) in [6.45, 7) is 7.13. The molecular formula is C17H26ClN3O3S. The van der Waals surface area contributed by atoms with Crippen molar-refractivity contribution < 1.29 is 13.2 Å². The van der Waals surface area contributed by atoms with Gasteiger partial charge in [0.1, 0.15) is 0 Å². The molecule has 0 saturated carbocycles. The van der Waals surface area contributed by atoms with E-state index in [1.807, 2.05) is 4.90 Å². The molecule has 140 valence electrons. The maximum absolute atomic E-state index is 12.7. The van der Waals surface area contributed by atoms with E-state index in [1.165, 1.54) is 6.07 Å². The average molecular weight is 388 g/mol. The van der Waals surface area contributed by atoms with E-state index < -0.39 is 9.84 Å². The summed E-state index contributed by atoms with van der Waals surface area (Å²) in [5.74, 6) is -0.0276. The fourth-order valence-electron chi connectivity index (χ4n) is 3.44. The second-order valence-corrected chi connectivity index (χ2v) is 8.69. The Bertz CT molecular complexity index is 705. The van der Waals surface area contributed by atoms with Crippen LogP contribution < -0.4 is 5.32 Å². The maximum Gasteiger partial charge on any atom is 0.253 e. The van der Waals surface area contributed by atoms with E-state index in [1.54, 1.807) is 25.1 Å². The molecule has 3 rings (SSSR count). The number of sulfone groups is 1. The number of piperazine rings is 1. The van der Waals surface area contributed by atoms with Crippen LogP contribution in [0.4, 0.5) is 0 Å². The normalized spacial score (nSPS) is 21.8. The minimum absolute atomic E-state index is 0. The first kappa shape index (κ1) is 20.2. The van der Waals surface area contributed by atoms with Crippen molar-refractivity contribution in [2.75, 3.05) is 45.0 Å². The number of benzene rings is 1. The molecule has 1 N–H and O–H groups in total. The fourth-order valence-corrected chi connectivity index (χ4v) is 4.37. The first-order valence-corrected chi connectivity index (χ1v) is 10.2. The van der Waals surface area contributed by atoms with Crippen LogP contribution in [0.25, 0.3) is 0 Å². The Kier molecular flexibility index (Phi) is 6.85. The molecule has 1 aromatic carbocycles. The van der Waals surface area contributed by atoms with E-state index in [0.29, 0.717) is 11.6 Å². The number of halogens is 1. The van der Waals surface area contributed by atoms with Crippen molar-refractivity contribution in [1.29, 1.82) is 0 Å². The number of amides is 1. The second kappa shape index (κ2) is 8.49. The minimum Gasteiger partial charge on any atom is -0.337 e. The molecule has 25 heavy (non-hydrogen) atoms. The van der Waals surface area contributed by atoms with Gasteiger partial charge < -0.3 is 10.2 Å². The molecule has 6 nitrogen and oxygen atoms in total. The van der Waals surface area contributed by atoms with Gasteiger partial charge in [0.05, 0.1) is 10.6 Å². The summed E-state index contributed by atoms with van der Waals surface area (Å²) in [5, 5.41) is 3.34. The lowest BCUT2D eigenvalue weighted by Gasteiger charge is -2.32. The molecule has 2 heterocycles. The highest BCUT2D eigenvalue weighted by Gasteiger charge is 2.31. The molecule has 0 bridgehead atoms. The molecule has 1 atom stereocenters. The number of rotatable bonds is 4. The Hall–Kier alpha value is -1.15. The number of nitrogens with zero attached hydrogens (tertiary/aromatic N) is 2.